The monoisotopic (exact) mass is 451 g/mol. The molecule has 0 atom stereocenters. The Morgan fingerprint density at radius 3 is 2.40 bits per heavy atom. The van der Waals surface area contributed by atoms with Gasteiger partial charge in [-0.15, -0.1) is 0 Å². The van der Waals surface area contributed by atoms with Gasteiger partial charge in [0.05, 0.1) is 10.6 Å². The average Bonchev–Trinajstić information content (AvgIpc) is 3.37. The van der Waals surface area contributed by atoms with Crippen LogP contribution in [0, 0.1) is 0 Å². The van der Waals surface area contributed by atoms with Crippen molar-refractivity contribution in [2.45, 2.75) is 36.1 Å². The molecule has 1 amide bonds. The molecule has 0 unspecified atom stereocenters. The minimum absolute atomic E-state index is 0.0167. The summed E-state index contributed by atoms with van der Waals surface area (Å²) in [4.78, 5) is 11.6. The molecule has 2 aromatic rings. The molecule has 0 bridgehead atoms. The summed E-state index contributed by atoms with van der Waals surface area (Å²) in [5.74, 6) is -0.929. The van der Waals surface area contributed by atoms with Crippen molar-refractivity contribution < 1.29 is 26.7 Å². The maximum Gasteiger partial charge on any atom is 0.326 e. The van der Waals surface area contributed by atoms with Crippen LogP contribution in [0.4, 0.5) is 5.69 Å². The van der Waals surface area contributed by atoms with Gasteiger partial charge in [0.25, 0.3) is 5.91 Å². The van der Waals surface area contributed by atoms with E-state index in [-0.39, 0.29) is 22.9 Å². The largest absolute Gasteiger partial charge is 0.506 e. The molecule has 1 saturated heterocycles. The summed E-state index contributed by atoms with van der Waals surface area (Å²) in [5.41, 5.74) is 0.234. The lowest BCUT2D eigenvalue weighted by molar-refractivity contribution is -0.117. The summed E-state index contributed by atoms with van der Waals surface area (Å²) in [6.07, 6.45) is 2.49. The number of rotatable bonds is 7. The molecule has 2 fully saturated rings. The lowest BCUT2D eigenvalue weighted by Gasteiger charge is -2.19. The predicted molar refractivity (Wildman–Crippen MR) is 110 cm³/mol. The molecule has 3 N–H and O–H groups in total. The maximum absolute atomic E-state index is 12.6. The number of sulfonamides is 1. The molecule has 2 aliphatic rings. The molecule has 0 spiro atoms. The summed E-state index contributed by atoms with van der Waals surface area (Å²) < 4.78 is 54.5. The van der Waals surface area contributed by atoms with E-state index in [0.29, 0.717) is 12.8 Å². The zero-order valence-corrected chi connectivity index (χ0v) is 17.5. The highest BCUT2D eigenvalue weighted by Crippen LogP contribution is 2.41. The van der Waals surface area contributed by atoms with Crippen LogP contribution in [0.3, 0.4) is 0 Å². The van der Waals surface area contributed by atoms with Gasteiger partial charge < -0.3 is 5.11 Å². The van der Waals surface area contributed by atoms with Crippen LogP contribution in [0.15, 0.2) is 53.4 Å². The van der Waals surface area contributed by atoms with Crippen LogP contribution in [0.2, 0.25) is 0 Å². The zero-order valence-electron chi connectivity index (χ0n) is 15.9. The van der Waals surface area contributed by atoms with E-state index in [9.17, 15) is 26.7 Å². The van der Waals surface area contributed by atoms with Crippen LogP contribution in [0.25, 0.3) is 0 Å². The van der Waals surface area contributed by atoms with E-state index < -0.39 is 31.7 Å². The van der Waals surface area contributed by atoms with Gasteiger partial charge in [-0.1, -0.05) is 24.3 Å². The van der Waals surface area contributed by atoms with Gasteiger partial charge in [-0.2, -0.15) is 8.42 Å². The number of amides is 1. The minimum Gasteiger partial charge on any atom is -0.506 e. The lowest BCUT2D eigenvalue weighted by Crippen LogP contribution is -2.37. The van der Waals surface area contributed by atoms with Gasteiger partial charge >= 0.3 is 10.2 Å². The van der Waals surface area contributed by atoms with Crippen LogP contribution >= 0.6 is 0 Å². The number of nitrogens with one attached hydrogen (secondary N) is 2. The highest BCUT2D eigenvalue weighted by molar-refractivity contribution is 7.92. The fourth-order valence-corrected chi connectivity index (χ4v) is 6.15. The summed E-state index contributed by atoms with van der Waals surface area (Å²) >= 11 is 0. The fraction of sp³-hybridized carbons (Fsp3) is 0.316. The molecule has 30 heavy (non-hydrogen) atoms. The maximum atomic E-state index is 12.6. The number of hydrogen-bond acceptors (Lipinski definition) is 6. The standard InChI is InChI=1S/C19H21N3O6S2/c23-17-12-14(6-7-16(17)22-13-18(24)20-30(22,27)28)8-9-19(10-11-19)21-29(25,26)15-4-2-1-3-5-15/h1-7,12,21,23H,8-11,13H2,(H,20,24). The first kappa shape index (κ1) is 20.6. The normalized spacial score (nSPS) is 19.5. The van der Waals surface area contributed by atoms with Gasteiger partial charge in [-0.05, 0) is 55.5 Å². The van der Waals surface area contributed by atoms with Crippen LogP contribution in [-0.2, 0) is 31.4 Å². The fourth-order valence-electron chi connectivity index (χ4n) is 3.48. The van der Waals surface area contributed by atoms with Crippen molar-refractivity contribution in [3.63, 3.8) is 0 Å². The molecule has 1 aliphatic carbocycles. The molecule has 160 valence electrons. The number of benzene rings is 2. The summed E-state index contributed by atoms with van der Waals surface area (Å²) in [6.45, 7) is -0.389. The summed E-state index contributed by atoms with van der Waals surface area (Å²) in [7, 11) is -7.62. The second-order valence-electron chi connectivity index (χ2n) is 7.56. The molecule has 9 nitrogen and oxygen atoms in total. The van der Waals surface area contributed by atoms with E-state index in [1.165, 1.54) is 12.1 Å². The third kappa shape index (κ3) is 4.13. The topological polar surface area (TPSA) is 133 Å². The Morgan fingerprint density at radius 1 is 1.13 bits per heavy atom. The van der Waals surface area contributed by atoms with E-state index in [1.54, 1.807) is 36.4 Å². The smallest absolute Gasteiger partial charge is 0.326 e. The second-order valence-corrected chi connectivity index (χ2v) is 10.8. The Labute approximate surface area is 175 Å². The molecule has 0 aromatic heterocycles. The molecule has 0 radical (unpaired) electrons. The van der Waals surface area contributed by atoms with Crippen LogP contribution < -0.4 is 13.7 Å². The number of nitrogens with zero attached hydrogens (tertiary/aromatic N) is 1. The summed E-state index contributed by atoms with van der Waals surface area (Å²) in [5, 5.41) is 10.3. The average molecular weight is 452 g/mol. The van der Waals surface area contributed by atoms with Gasteiger partial charge in [0.1, 0.15) is 12.3 Å². The first-order valence-corrected chi connectivity index (χ1v) is 12.3. The minimum atomic E-state index is -4.00. The molecule has 1 aliphatic heterocycles. The quantitative estimate of drug-likeness (QED) is 0.576. The van der Waals surface area contributed by atoms with Crippen molar-refractivity contribution in [3.05, 3.63) is 54.1 Å². The second kappa shape index (κ2) is 7.25. The van der Waals surface area contributed by atoms with E-state index in [2.05, 4.69) is 4.72 Å². The number of carbonyl (C=O) groups excluding carboxylic acids is 1. The van der Waals surface area contributed by atoms with Crippen molar-refractivity contribution in [1.82, 2.24) is 9.44 Å². The van der Waals surface area contributed by atoms with Crippen molar-refractivity contribution in [2.75, 3.05) is 10.8 Å². The van der Waals surface area contributed by atoms with Gasteiger partial charge in [0.2, 0.25) is 10.0 Å². The number of anilines is 1. The molecule has 1 heterocycles. The first-order chi connectivity index (χ1) is 14.1. The highest BCUT2D eigenvalue weighted by Gasteiger charge is 2.45. The molecule has 11 heteroatoms. The number of phenolic OH excluding ortho intramolecular Hbond substituents is 1. The molecule has 1 saturated carbocycles. The van der Waals surface area contributed by atoms with Crippen molar-refractivity contribution in [1.29, 1.82) is 0 Å². The van der Waals surface area contributed by atoms with E-state index >= 15 is 0 Å². The van der Waals surface area contributed by atoms with Crippen molar-refractivity contribution in [3.8, 4) is 5.75 Å². The molecule has 2 aromatic carbocycles. The van der Waals surface area contributed by atoms with Crippen LogP contribution in [0.5, 0.6) is 5.75 Å². The third-order valence-corrected chi connectivity index (χ3v) is 8.27. The van der Waals surface area contributed by atoms with Gasteiger partial charge in [0.15, 0.2) is 0 Å². The van der Waals surface area contributed by atoms with Gasteiger partial charge in [-0.25, -0.2) is 22.2 Å². The number of carbonyl (C=O) groups is 1. The number of hydrogen-bond donors (Lipinski definition) is 3. The SMILES string of the molecule is O=C1CN(c2ccc(CCC3(NS(=O)(=O)c4ccccc4)CC3)cc2O)S(=O)(=O)N1. The molecular formula is C19H21N3O6S2. The van der Waals surface area contributed by atoms with Crippen molar-refractivity contribution in [2.24, 2.45) is 0 Å². The third-order valence-electron chi connectivity index (χ3n) is 5.28. The van der Waals surface area contributed by atoms with Gasteiger partial charge in [-0.3, -0.25) is 4.79 Å². The molecule has 4 rings (SSSR count). The van der Waals surface area contributed by atoms with E-state index in [0.717, 1.165) is 22.7 Å². The Hall–Kier alpha value is -2.63. The number of phenols is 1. The van der Waals surface area contributed by atoms with E-state index in [1.807, 2.05) is 4.72 Å². The molecular weight excluding hydrogens is 430 g/mol. The van der Waals surface area contributed by atoms with E-state index in [4.69, 9.17) is 0 Å². The van der Waals surface area contributed by atoms with Crippen LogP contribution in [-0.4, -0.2) is 39.9 Å². The van der Waals surface area contributed by atoms with Crippen molar-refractivity contribution >= 4 is 31.8 Å². The lowest BCUT2D eigenvalue weighted by atomic mass is 10.0. The Kier molecular flexibility index (Phi) is 4.99. The zero-order chi connectivity index (χ0) is 21.6. The van der Waals surface area contributed by atoms with Gasteiger partial charge in [0, 0.05) is 5.54 Å². The number of aromatic hydroxyl groups is 1. The summed E-state index contributed by atoms with van der Waals surface area (Å²) in [6, 6.07) is 12.7. The Balaban J connectivity index is 1.44. The number of aryl methyl sites for hydroxylation is 1. The first-order valence-electron chi connectivity index (χ1n) is 9.35. The predicted octanol–water partition coefficient (Wildman–Crippen LogP) is 1.02. The Bertz CT molecular complexity index is 1190. The Morgan fingerprint density at radius 2 is 1.83 bits per heavy atom. The highest BCUT2D eigenvalue weighted by atomic mass is 32.2. The van der Waals surface area contributed by atoms with Crippen LogP contribution in [0.1, 0.15) is 24.8 Å².